The van der Waals surface area contributed by atoms with Gasteiger partial charge in [-0.2, -0.15) is 0 Å². The Kier molecular flexibility index (Phi) is 12.6. The molecule has 9 aromatic rings. The maximum absolute atomic E-state index is 6.86. The highest BCUT2D eigenvalue weighted by Gasteiger charge is 2.31. The number of hydrogen-bond acceptors (Lipinski definition) is 12. The molecular formula is C62H66N4O8. The molecule has 0 aliphatic heterocycles. The summed E-state index contributed by atoms with van der Waals surface area (Å²) in [5.41, 5.74) is 12.8. The van der Waals surface area contributed by atoms with Crippen molar-refractivity contribution in [2.75, 3.05) is 28.4 Å². The zero-order valence-electron chi connectivity index (χ0n) is 43.3. The summed E-state index contributed by atoms with van der Waals surface area (Å²) in [6.07, 6.45) is 23.6. The molecule has 0 spiro atoms. The molecule has 4 heterocycles. The molecule has 4 aliphatic rings. The average molecular weight is 995 g/mol. The van der Waals surface area contributed by atoms with Crippen molar-refractivity contribution in [3.63, 3.8) is 0 Å². The molecule has 4 saturated carbocycles. The molecule has 0 atom stereocenters. The number of rotatable bonds is 12. The molecule has 0 bridgehead atoms. The minimum absolute atomic E-state index is 0.394. The first-order valence-electron chi connectivity index (χ1n) is 27.6. The van der Waals surface area contributed by atoms with E-state index in [4.69, 9.17) is 56.6 Å². The van der Waals surface area contributed by atoms with E-state index in [2.05, 4.69) is 24.3 Å². The molecule has 0 radical (unpaired) electrons. The Labute approximate surface area is 431 Å². The molecule has 0 amide bonds. The van der Waals surface area contributed by atoms with Gasteiger partial charge in [0.05, 0.1) is 50.7 Å². The van der Waals surface area contributed by atoms with Crippen LogP contribution in [0.25, 0.3) is 90.2 Å². The summed E-state index contributed by atoms with van der Waals surface area (Å²) < 4.78 is 51.7. The standard InChI is InChI=1S/C62H66N4O8/c1-67-51-31-55-47(27-39(51)35-17-9-5-10-18-35)63-59(71-55)43-25-45(61-65-49-29-41(37-21-13-7-14-22-37)53(69-3)33-57(49)73-61)46(62-66-50-30-42(38-23-15-8-16-24-38)54(70-4)34-58(50)74-62)26-44(43)60-64-48-28-40(36-19-11-6-12-20-36)52(68-2)32-56(48)72-60/h25-38H,5-24H2,1-4H3. The topological polar surface area (TPSA) is 141 Å². The number of oxazole rings is 4. The molecule has 0 saturated heterocycles. The monoisotopic (exact) mass is 994 g/mol. The third-order valence-corrected chi connectivity index (χ3v) is 17.2. The van der Waals surface area contributed by atoms with Gasteiger partial charge in [0.15, 0.2) is 22.3 Å². The van der Waals surface area contributed by atoms with Crippen molar-refractivity contribution in [1.82, 2.24) is 19.9 Å². The van der Waals surface area contributed by atoms with Gasteiger partial charge in [-0.25, -0.2) is 19.9 Å². The summed E-state index contributed by atoms with van der Waals surface area (Å²) >= 11 is 0. The third kappa shape index (κ3) is 8.55. The fourth-order valence-electron chi connectivity index (χ4n) is 13.3. The zero-order valence-corrected chi connectivity index (χ0v) is 43.3. The van der Waals surface area contributed by atoms with Crippen LogP contribution in [0.3, 0.4) is 0 Å². The lowest BCUT2D eigenvalue weighted by atomic mass is 9.83. The van der Waals surface area contributed by atoms with Crippen LogP contribution in [-0.2, 0) is 0 Å². The molecule has 0 unspecified atom stereocenters. The first-order valence-corrected chi connectivity index (χ1v) is 27.6. The molecule has 4 aromatic heterocycles. The fraction of sp³-hybridized carbons (Fsp3) is 0.452. The summed E-state index contributed by atoms with van der Waals surface area (Å²) in [5, 5.41) is 0. The Morgan fingerprint density at radius 3 is 0.716 bits per heavy atom. The SMILES string of the molecule is COc1cc2oc(-c3cc(-c4nc5cc(C6CCCCC6)c(OC)cc5o4)c(-c4nc5cc(C6CCCCC6)c(OC)cc5o4)cc3-c3nc4cc(C5CCCCC5)c(OC)cc4o3)nc2cc1C1CCCCC1. The lowest BCUT2D eigenvalue weighted by Gasteiger charge is -2.23. The van der Waals surface area contributed by atoms with E-state index >= 15 is 0 Å². The van der Waals surface area contributed by atoms with E-state index in [0.29, 0.717) is 91.8 Å². The highest BCUT2D eigenvalue weighted by molar-refractivity contribution is 5.94. The number of ether oxygens (including phenoxy) is 4. The molecule has 12 nitrogen and oxygen atoms in total. The van der Waals surface area contributed by atoms with E-state index in [9.17, 15) is 0 Å². The first-order chi connectivity index (χ1) is 36.4. The lowest BCUT2D eigenvalue weighted by molar-refractivity contribution is 0.387. The molecule has 382 valence electrons. The van der Waals surface area contributed by atoms with Crippen molar-refractivity contribution in [3.05, 3.63) is 82.9 Å². The minimum Gasteiger partial charge on any atom is -0.496 e. The maximum atomic E-state index is 6.86. The largest absolute Gasteiger partial charge is 0.496 e. The summed E-state index contributed by atoms with van der Waals surface area (Å²) in [5.74, 6) is 6.43. The second-order valence-corrected chi connectivity index (χ2v) is 21.6. The van der Waals surface area contributed by atoms with Crippen LogP contribution in [0.5, 0.6) is 23.0 Å². The Bertz CT molecular complexity index is 3060. The van der Waals surface area contributed by atoms with Crippen LogP contribution in [0.2, 0.25) is 0 Å². The van der Waals surface area contributed by atoms with Gasteiger partial charge in [0, 0.05) is 24.3 Å². The van der Waals surface area contributed by atoms with Gasteiger partial charge < -0.3 is 36.6 Å². The van der Waals surface area contributed by atoms with Crippen LogP contribution < -0.4 is 18.9 Å². The summed E-state index contributed by atoms with van der Waals surface area (Å²) in [7, 11) is 6.96. The second kappa shape index (κ2) is 19.8. The van der Waals surface area contributed by atoms with Gasteiger partial charge >= 0.3 is 0 Å². The van der Waals surface area contributed by atoms with Gasteiger partial charge in [0.1, 0.15) is 45.1 Å². The Morgan fingerprint density at radius 2 is 0.514 bits per heavy atom. The smallest absolute Gasteiger partial charge is 0.228 e. The molecule has 4 fully saturated rings. The minimum atomic E-state index is 0.394. The zero-order chi connectivity index (χ0) is 49.9. The second-order valence-electron chi connectivity index (χ2n) is 21.6. The Balaban J connectivity index is 1.05. The molecule has 12 heteroatoms. The quantitative estimate of drug-likeness (QED) is 0.115. The van der Waals surface area contributed by atoms with Crippen LogP contribution in [0, 0.1) is 0 Å². The van der Waals surface area contributed by atoms with Gasteiger partial charge in [0.25, 0.3) is 0 Å². The van der Waals surface area contributed by atoms with Crippen molar-refractivity contribution in [1.29, 1.82) is 0 Å². The molecule has 4 aliphatic carbocycles. The van der Waals surface area contributed by atoms with Crippen LogP contribution in [0.1, 0.15) is 174 Å². The predicted octanol–water partition coefficient (Wildman–Crippen LogP) is 17.1. The van der Waals surface area contributed by atoms with Gasteiger partial charge in [0.2, 0.25) is 23.6 Å². The van der Waals surface area contributed by atoms with Gasteiger partial charge in [-0.3, -0.25) is 0 Å². The van der Waals surface area contributed by atoms with Crippen LogP contribution in [-0.4, -0.2) is 48.4 Å². The van der Waals surface area contributed by atoms with Crippen molar-refractivity contribution in [3.8, 4) is 68.8 Å². The van der Waals surface area contributed by atoms with Crippen molar-refractivity contribution >= 4 is 44.4 Å². The molecule has 0 N–H and O–H groups in total. The van der Waals surface area contributed by atoms with E-state index in [-0.39, 0.29) is 0 Å². The third-order valence-electron chi connectivity index (χ3n) is 17.2. The van der Waals surface area contributed by atoms with Crippen LogP contribution in [0.15, 0.2) is 78.3 Å². The van der Waals surface area contributed by atoms with Crippen molar-refractivity contribution in [2.24, 2.45) is 0 Å². The van der Waals surface area contributed by atoms with E-state index in [1.165, 1.54) is 99.3 Å². The molecule has 74 heavy (non-hydrogen) atoms. The highest BCUT2D eigenvalue weighted by Crippen LogP contribution is 2.49. The molecular weight excluding hydrogens is 929 g/mol. The fourth-order valence-corrected chi connectivity index (χ4v) is 13.3. The van der Waals surface area contributed by atoms with E-state index in [1.807, 2.05) is 36.4 Å². The van der Waals surface area contributed by atoms with Crippen molar-refractivity contribution < 1.29 is 36.6 Å². The number of hydrogen-bond donors (Lipinski definition) is 0. The van der Waals surface area contributed by atoms with E-state index < -0.39 is 0 Å². The number of nitrogens with zero attached hydrogens (tertiary/aromatic N) is 4. The van der Waals surface area contributed by atoms with Gasteiger partial charge in [-0.1, -0.05) is 77.0 Å². The predicted molar refractivity (Wildman–Crippen MR) is 288 cm³/mol. The van der Waals surface area contributed by atoms with Gasteiger partial charge in [-0.15, -0.1) is 0 Å². The molecule has 5 aromatic carbocycles. The van der Waals surface area contributed by atoms with Crippen LogP contribution in [0.4, 0.5) is 0 Å². The number of benzene rings is 5. The summed E-state index contributed by atoms with van der Waals surface area (Å²) in [4.78, 5) is 21.2. The normalized spacial score (nSPS) is 17.8. The van der Waals surface area contributed by atoms with Gasteiger partial charge in [-0.05, 0) is 134 Å². The molecule has 13 rings (SSSR count). The average Bonchev–Trinajstić information content (AvgIpc) is 4.29. The summed E-state index contributed by atoms with van der Waals surface area (Å²) in [6, 6.07) is 20.7. The maximum Gasteiger partial charge on any atom is 0.228 e. The Hall–Kier alpha value is -6.82. The van der Waals surface area contributed by atoms with E-state index in [0.717, 1.165) is 96.4 Å². The van der Waals surface area contributed by atoms with Crippen LogP contribution >= 0.6 is 0 Å². The lowest BCUT2D eigenvalue weighted by Crippen LogP contribution is -2.06. The number of methoxy groups -OCH3 is 4. The first kappa shape index (κ1) is 46.9. The van der Waals surface area contributed by atoms with Crippen molar-refractivity contribution in [2.45, 2.75) is 152 Å². The van der Waals surface area contributed by atoms with E-state index in [1.54, 1.807) is 28.4 Å². The number of fused-ring (bicyclic) bond motifs is 4. The highest BCUT2D eigenvalue weighted by atomic mass is 16.5. The summed E-state index contributed by atoms with van der Waals surface area (Å²) in [6.45, 7) is 0. The Morgan fingerprint density at radius 1 is 0.297 bits per heavy atom. The number of aromatic nitrogens is 4.